The first-order chi connectivity index (χ1) is 18.6. The van der Waals surface area contributed by atoms with Crippen molar-refractivity contribution in [3.63, 3.8) is 0 Å². The molecule has 1 aliphatic heterocycles. The van der Waals surface area contributed by atoms with Crippen molar-refractivity contribution in [3.05, 3.63) is 64.4 Å². The molecule has 0 spiro atoms. The lowest BCUT2D eigenvalue weighted by molar-refractivity contribution is -0.120. The number of benzene rings is 2. The van der Waals surface area contributed by atoms with Crippen LogP contribution in [0.2, 0.25) is 0 Å². The first-order valence-electron chi connectivity index (χ1n) is 12.7. The fourth-order valence-electron chi connectivity index (χ4n) is 4.53. The number of aromatic amines is 1. The predicted molar refractivity (Wildman–Crippen MR) is 155 cm³/mol. The lowest BCUT2D eigenvalue weighted by Gasteiger charge is -2.36. The van der Waals surface area contributed by atoms with Crippen molar-refractivity contribution in [2.45, 2.75) is 12.8 Å². The van der Waals surface area contributed by atoms with Crippen LogP contribution in [0.3, 0.4) is 0 Å². The minimum absolute atomic E-state index is 0.0168. The fraction of sp³-hybridized carbons (Fsp3) is 0.333. The van der Waals surface area contributed by atoms with Gasteiger partial charge in [0.1, 0.15) is 11.6 Å². The second-order valence-electron chi connectivity index (χ2n) is 9.11. The molecule has 0 atom stereocenters. The summed E-state index contributed by atoms with van der Waals surface area (Å²) < 4.78 is 5.65. The first kappa shape index (κ1) is 26.1. The van der Waals surface area contributed by atoms with Crippen molar-refractivity contribution in [1.29, 1.82) is 0 Å². The van der Waals surface area contributed by atoms with Crippen LogP contribution >= 0.6 is 23.6 Å². The number of carbonyl (C=O) groups excluding carboxylic acids is 1. The minimum Gasteiger partial charge on any atom is -0.497 e. The summed E-state index contributed by atoms with van der Waals surface area (Å²) in [6, 6.07) is 16.1. The van der Waals surface area contributed by atoms with Gasteiger partial charge in [-0.3, -0.25) is 9.69 Å². The van der Waals surface area contributed by atoms with Crippen molar-refractivity contribution in [3.8, 4) is 5.75 Å². The third kappa shape index (κ3) is 6.66. The van der Waals surface area contributed by atoms with E-state index in [0.29, 0.717) is 22.3 Å². The van der Waals surface area contributed by atoms with Gasteiger partial charge in [0, 0.05) is 49.2 Å². The topological polar surface area (TPSA) is 98.4 Å². The molecule has 0 bridgehead atoms. The van der Waals surface area contributed by atoms with Crippen LogP contribution in [0.1, 0.15) is 12.1 Å². The molecule has 3 heterocycles. The van der Waals surface area contributed by atoms with Gasteiger partial charge >= 0.3 is 0 Å². The molecule has 2 aromatic heterocycles. The van der Waals surface area contributed by atoms with Gasteiger partial charge in [0.25, 0.3) is 0 Å². The first-order valence-corrected chi connectivity index (χ1v) is 13.9. The summed E-state index contributed by atoms with van der Waals surface area (Å²) in [5.41, 5.74) is 2.87. The molecule has 0 aliphatic carbocycles. The summed E-state index contributed by atoms with van der Waals surface area (Å²) in [5.74, 6) is 1.52. The van der Waals surface area contributed by atoms with E-state index in [2.05, 4.69) is 47.5 Å². The number of rotatable bonds is 10. The second-order valence-corrected chi connectivity index (χ2v) is 10.4. The SMILES string of the molecule is COc1ccc(N2CCN(CCCNC(=O)Cc3csc(Nc4nc(=S)[nH]c5ccccc45)n3)CC2)cc1. The van der Waals surface area contributed by atoms with Crippen LogP contribution in [0.15, 0.2) is 53.9 Å². The highest BCUT2D eigenvalue weighted by Gasteiger charge is 2.17. The molecule has 1 fully saturated rings. The van der Waals surface area contributed by atoms with E-state index in [4.69, 9.17) is 17.0 Å². The van der Waals surface area contributed by atoms with Crippen LogP contribution in [0.25, 0.3) is 10.9 Å². The highest BCUT2D eigenvalue weighted by atomic mass is 32.1. The summed E-state index contributed by atoms with van der Waals surface area (Å²) in [6.07, 6.45) is 1.17. The molecule has 5 rings (SSSR count). The Morgan fingerprint density at radius 2 is 1.89 bits per heavy atom. The molecule has 11 heteroatoms. The normalized spacial score (nSPS) is 14.0. The number of para-hydroxylation sites is 1. The zero-order chi connectivity index (χ0) is 26.3. The Bertz CT molecular complexity index is 1430. The number of hydrogen-bond acceptors (Lipinski definition) is 9. The van der Waals surface area contributed by atoms with Crippen molar-refractivity contribution >= 4 is 57.0 Å². The predicted octanol–water partition coefficient (Wildman–Crippen LogP) is 4.37. The smallest absolute Gasteiger partial charge is 0.226 e. The number of carbonyl (C=O) groups is 1. The molecule has 3 N–H and O–H groups in total. The van der Waals surface area contributed by atoms with Crippen LogP contribution in [-0.4, -0.2) is 72.1 Å². The van der Waals surface area contributed by atoms with Crippen molar-refractivity contribution in [1.82, 2.24) is 25.2 Å². The van der Waals surface area contributed by atoms with E-state index in [1.807, 2.05) is 41.8 Å². The zero-order valence-corrected chi connectivity index (χ0v) is 22.9. The number of thiazole rings is 1. The van der Waals surface area contributed by atoms with Crippen LogP contribution in [0.5, 0.6) is 5.75 Å². The van der Waals surface area contributed by atoms with Gasteiger partial charge in [-0.15, -0.1) is 11.3 Å². The largest absolute Gasteiger partial charge is 0.497 e. The number of nitrogens with zero attached hydrogens (tertiary/aromatic N) is 4. The molecule has 0 saturated carbocycles. The van der Waals surface area contributed by atoms with E-state index in [1.165, 1.54) is 17.0 Å². The number of piperazine rings is 1. The Balaban J connectivity index is 1.02. The van der Waals surface area contributed by atoms with E-state index >= 15 is 0 Å². The molecule has 198 valence electrons. The molecule has 1 amide bonds. The van der Waals surface area contributed by atoms with Crippen molar-refractivity contribution < 1.29 is 9.53 Å². The Hall–Kier alpha value is -3.54. The lowest BCUT2D eigenvalue weighted by atomic mass is 10.2. The molecular weight excluding hydrogens is 518 g/mol. The Morgan fingerprint density at radius 1 is 1.11 bits per heavy atom. The van der Waals surface area contributed by atoms with E-state index in [1.54, 1.807) is 7.11 Å². The maximum atomic E-state index is 12.5. The molecule has 0 radical (unpaired) electrons. The maximum absolute atomic E-state index is 12.5. The third-order valence-electron chi connectivity index (χ3n) is 6.54. The summed E-state index contributed by atoms with van der Waals surface area (Å²) >= 11 is 6.69. The van der Waals surface area contributed by atoms with Crippen molar-refractivity contribution in [2.75, 3.05) is 56.6 Å². The number of methoxy groups -OCH3 is 1. The Kier molecular flexibility index (Phi) is 8.47. The van der Waals surface area contributed by atoms with Gasteiger partial charge < -0.3 is 25.3 Å². The summed E-state index contributed by atoms with van der Waals surface area (Å²) in [6.45, 7) is 5.67. The molecule has 38 heavy (non-hydrogen) atoms. The van der Waals surface area contributed by atoms with Crippen LogP contribution in [0.4, 0.5) is 16.6 Å². The molecule has 9 nitrogen and oxygen atoms in total. The number of hydrogen-bond donors (Lipinski definition) is 3. The monoisotopic (exact) mass is 549 g/mol. The minimum atomic E-state index is -0.0168. The van der Waals surface area contributed by atoms with Gasteiger partial charge in [0.05, 0.1) is 24.7 Å². The van der Waals surface area contributed by atoms with E-state index < -0.39 is 0 Å². The number of H-pyrrole nitrogens is 1. The average molecular weight is 550 g/mol. The van der Waals surface area contributed by atoms with Crippen LogP contribution < -0.4 is 20.3 Å². The van der Waals surface area contributed by atoms with Crippen molar-refractivity contribution in [2.24, 2.45) is 0 Å². The third-order valence-corrected chi connectivity index (χ3v) is 7.54. The maximum Gasteiger partial charge on any atom is 0.226 e. The Labute approximate surface area is 230 Å². The number of fused-ring (bicyclic) bond motifs is 1. The summed E-state index contributed by atoms with van der Waals surface area (Å²) in [7, 11) is 1.69. The van der Waals surface area contributed by atoms with E-state index in [9.17, 15) is 4.79 Å². The quantitative estimate of drug-likeness (QED) is 0.198. The molecule has 1 aliphatic rings. The summed E-state index contributed by atoms with van der Waals surface area (Å²) in [5, 5.41) is 9.79. The van der Waals surface area contributed by atoms with Gasteiger partial charge in [0.2, 0.25) is 5.91 Å². The van der Waals surface area contributed by atoms with Crippen LogP contribution in [-0.2, 0) is 11.2 Å². The Morgan fingerprint density at radius 3 is 2.68 bits per heavy atom. The molecule has 0 unspecified atom stereocenters. The van der Waals surface area contributed by atoms with Gasteiger partial charge in [0.15, 0.2) is 9.90 Å². The molecule has 4 aromatic rings. The standard InChI is InChI=1S/C27H31N7O2S2/c1-36-21-9-7-20(8-10-21)34-15-13-33(14-16-34)12-4-11-28-24(35)17-19-18-38-27(29-19)32-25-22-5-2-3-6-23(22)30-26(37)31-25/h2-3,5-10,18H,4,11-17H2,1H3,(H,28,35)(H2,29,30,31,32,37). The number of aromatic nitrogens is 3. The van der Waals surface area contributed by atoms with E-state index in [0.717, 1.165) is 61.5 Å². The molecule has 2 aromatic carbocycles. The van der Waals surface area contributed by atoms with E-state index in [-0.39, 0.29) is 12.3 Å². The van der Waals surface area contributed by atoms with Gasteiger partial charge in [-0.25, -0.2) is 9.97 Å². The van der Waals surface area contributed by atoms with Gasteiger partial charge in [-0.2, -0.15) is 0 Å². The van der Waals surface area contributed by atoms with Gasteiger partial charge in [-0.05, 0) is 61.6 Å². The lowest BCUT2D eigenvalue weighted by Crippen LogP contribution is -2.47. The number of amides is 1. The van der Waals surface area contributed by atoms with Gasteiger partial charge in [-0.1, -0.05) is 12.1 Å². The highest BCUT2D eigenvalue weighted by Crippen LogP contribution is 2.25. The summed E-state index contributed by atoms with van der Waals surface area (Å²) in [4.78, 5) is 29.4. The molecular formula is C27H31N7O2S2. The zero-order valence-electron chi connectivity index (χ0n) is 21.3. The van der Waals surface area contributed by atoms with Crippen LogP contribution in [0, 0.1) is 4.77 Å². The number of nitrogens with one attached hydrogen (secondary N) is 3. The second kappa shape index (κ2) is 12.3. The molecule has 1 saturated heterocycles. The number of anilines is 3. The average Bonchev–Trinajstić information content (AvgIpc) is 3.38. The fourth-order valence-corrected chi connectivity index (χ4v) is 5.44. The highest BCUT2D eigenvalue weighted by molar-refractivity contribution is 7.71. The number of ether oxygens (including phenoxy) is 1.